The van der Waals surface area contributed by atoms with Crippen molar-refractivity contribution < 1.29 is 18.7 Å². The maximum absolute atomic E-state index is 12.1. The Balaban J connectivity index is 1.85. The number of benzene rings is 1. The Bertz CT molecular complexity index is 655. The van der Waals surface area contributed by atoms with Crippen LogP contribution in [0.15, 0.2) is 41.0 Å². The van der Waals surface area contributed by atoms with Gasteiger partial charge >= 0.3 is 0 Å². The predicted molar refractivity (Wildman–Crippen MR) is 95.6 cm³/mol. The summed E-state index contributed by atoms with van der Waals surface area (Å²) >= 11 is 0. The van der Waals surface area contributed by atoms with Crippen molar-refractivity contribution in [1.29, 1.82) is 0 Å². The van der Waals surface area contributed by atoms with Crippen molar-refractivity contribution >= 4 is 5.91 Å². The first-order chi connectivity index (χ1) is 12.1. The van der Waals surface area contributed by atoms with Crippen molar-refractivity contribution in [3.8, 4) is 11.5 Å². The number of methoxy groups -OCH3 is 1. The van der Waals surface area contributed by atoms with Gasteiger partial charge in [0.15, 0.2) is 11.5 Å². The van der Waals surface area contributed by atoms with E-state index in [1.807, 2.05) is 31.2 Å². The van der Waals surface area contributed by atoms with Gasteiger partial charge in [0.1, 0.15) is 5.76 Å². The molecule has 1 aromatic heterocycles. The minimum atomic E-state index is -0.322. The van der Waals surface area contributed by atoms with Gasteiger partial charge in [-0.2, -0.15) is 0 Å². The number of rotatable bonds is 10. The van der Waals surface area contributed by atoms with E-state index < -0.39 is 0 Å². The molecule has 2 rings (SSSR count). The van der Waals surface area contributed by atoms with E-state index in [0.29, 0.717) is 25.4 Å². The minimum absolute atomic E-state index is 0.0765. The van der Waals surface area contributed by atoms with Crippen molar-refractivity contribution in [3.63, 3.8) is 0 Å². The molecule has 2 N–H and O–H groups in total. The molecule has 6 heteroatoms. The monoisotopic (exact) mass is 346 g/mol. The molecule has 0 bridgehead atoms. The van der Waals surface area contributed by atoms with Crippen molar-refractivity contribution in [1.82, 2.24) is 10.6 Å². The molecule has 0 saturated carbocycles. The van der Waals surface area contributed by atoms with E-state index in [1.165, 1.54) is 0 Å². The summed E-state index contributed by atoms with van der Waals surface area (Å²) < 4.78 is 16.2. The number of carbonyl (C=O) groups is 1. The quantitative estimate of drug-likeness (QED) is 0.692. The molecule has 0 radical (unpaired) electrons. The zero-order valence-corrected chi connectivity index (χ0v) is 15.0. The maximum atomic E-state index is 12.1. The molecule has 0 aliphatic carbocycles. The molecule has 2 aromatic rings. The van der Waals surface area contributed by atoms with E-state index in [2.05, 4.69) is 17.6 Å². The molecule has 0 spiro atoms. The lowest BCUT2D eigenvalue weighted by molar-refractivity contribution is -0.123. The van der Waals surface area contributed by atoms with E-state index in [4.69, 9.17) is 13.9 Å². The fraction of sp³-hybridized carbons (Fsp3) is 0.421. The molecule has 6 nitrogen and oxygen atoms in total. The fourth-order valence-electron chi connectivity index (χ4n) is 2.26. The molecule has 0 aliphatic rings. The first-order valence-electron chi connectivity index (χ1n) is 8.47. The van der Waals surface area contributed by atoms with Crippen LogP contribution in [0.3, 0.4) is 0 Å². The number of hydrogen-bond donors (Lipinski definition) is 2. The highest BCUT2D eigenvalue weighted by atomic mass is 16.5. The van der Waals surface area contributed by atoms with Gasteiger partial charge in [-0.3, -0.25) is 4.79 Å². The van der Waals surface area contributed by atoms with Gasteiger partial charge in [0, 0.05) is 6.54 Å². The molecule has 0 aliphatic heterocycles. The summed E-state index contributed by atoms with van der Waals surface area (Å²) in [6, 6.07) is 9.08. The van der Waals surface area contributed by atoms with E-state index in [-0.39, 0.29) is 11.9 Å². The molecule has 25 heavy (non-hydrogen) atoms. The van der Waals surface area contributed by atoms with Gasteiger partial charge in [-0.05, 0) is 43.2 Å². The van der Waals surface area contributed by atoms with Crippen LogP contribution in [0, 0.1) is 0 Å². The Kier molecular flexibility index (Phi) is 7.35. The molecule has 0 fully saturated rings. The average molecular weight is 346 g/mol. The van der Waals surface area contributed by atoms with Gasteiger partial charge in [-0.15, -0.1) is 0 Å². The summed E-state index contributed by atoms with van der Waals surface area (Å²) in [5.74, 6) is 2.08. The Morgan fingerprint density at radius 2 is 2.08 bits per heavy atom. The molecule has 0 saturated heterocycles. The van der Waals surface area contributed by atoms with Gasteiger partial charge in [0.25, 0.3) is 0 Å². The van der Waals surface area contributed by atoms with Crippen molar-refractivity contribution in [2.24, 2.45) is 0 Å². The Hall–Kier alpha value is -2.47. The normalized spacial score (nSPS) is 11.8. The van der Waals surface area contributed by atoms with Crippen molar-refractivity contribution in [3.05, 3.63) is 47.9 Å². The lowest BCUT2D eigenvalue weighted by Gasteiger charge is -2.15. The first-order valence-corrected chi connectivity index (χ1v) is 8.47. The zero-order chi connectivity index (χ0) is 18.1. The van der Waals surface area contributed by atoms with Crippen molar-refractivity contribution in [2.45, 2.75) is 39.4 Å². The molecule has 1 heterocycles. The summed E-state index contributed by atoms with van der Waals surface area (Å²) in [4.78, 5) is 12.1. The van der Waals surface area contributed by atoms with Crippen LogP contribution in [-0.2, 0) is 17.9 Å². The molecule has 1 aromatic carbocycles. The predicted octanol–water partition coefficient (Wildman–Crippen LogP) is 2.87. The van der Waals surface area contributed by atoms with Gasteiger partial charge in [-0.25, -0.2) is 0 Å². The van der Waals surface area contributed by atoms with Gasteiger partial charge in [0.05, 0.1) is 32.6 Å². The lowest BCUT2D eigenvalue weighted by Crippen LogP contribution is -2.41. The summed E-state index contributed by atoms with van der Waals surface area (Å²) in [6.07, 6.45) is 2.52. The zero-order valence-electron chi connectivity index (χ0n) is 15.0. The second-order valence-corrected chi connectivity index (χ2v) is 5.73. The van der Waals surface area contributed by atoms with Crippen LogP contribution >= 0.6 is 0 Å². The topological polar surface area (TPSA) is 72.7 Å². The minimum Gasteiger partial charge on any atom is -0.493 e. The lowest BCUT2D eigenvalue weighted by atomic mass is 10.2. The number of hydrogen-bond acceptors (Lipinski definition) is 5. The summed E-state index contributed by atoms with van der Waals surface area (Å²) in [5.41, 5.74) is 1.03. The second-order valence-electron chi connectivity index (χ2n) is 5.73. The van der Waals surface area contributed by atoms with Gasteiger partial charge in [-0.1, -0.05) is 13.0 Å². The van der Waals surface area contributed by atoms with E-state index in [9.17, 15) is 4.79 Å². The Morgan fingerprint density at radius 3 is 2.76 bits per heavy atom. The number of furan rings is 1. The van der Waals surface area contributed by atoms with Crippen LogP contribution in [0.2, 0.25) is 0 Å². The summed E-state index contributed by atoms with van der Waals surface area (Å²) in [6.45, 7) is 5.46. The molecule has 136 valence electrons. The van der Waals surface area contributed by atoms with Gasteiger partial charge in [0.2, 0.25) is 5.91 Å². The average Bonchev–Trinajstić information content (AvgIpc) is 3.16. The van der Waals surface area contributed by atoms with Crippen LogP contribution in [0.4, 0.5) is 0 Å². The maximum Gasteiger partial charge on any atom is 0.237 e. The Morgan fingerprint density at radius 1 is 1.24 bits per heavy atom. The summed E-state index contributed by atoms with van der Waals surface area (Å²) in [7, 11) is 1.62. The van der Waals surface area contributed by atoms with E-state index in [1.54, 1.807) is 19.4 Å². The molecule has 1 unspecified atom stereocenters. The highest BCUT2D eigenvalue weighted by Crippen LogP contribution is 2.28. The van der Waals surface area contributed by atoms with Crippen LogP contribution in [0.5, 0.6) is 11.5 Å². The van der Waals surface area contributed by atoms with Crippen LogP contribution in [0.25, 0.3) is 0 Å². The third kappa shape index (κ3) is 5.83. The Labute approximate surface area is 148 Å². The molecule has 1 amide bonds. The van der Waals surface area contributed by atoms with Crippen molar-refractivity contribution in [2.75, 3.05) is 13.7 Å². The second kappa shape index (κ2) is 9.74. The number of carbonyl (C=O) groups excluding carboxylic acids is 1. The highest BCUT2D eigenvalue weighted by molar-refractivity contribution is 5.81. The van der Waals surface area contributed by atoms with Gasteiger partial charge < -0.3 is 24.5 Å². The van der Waals surface area contributed by atoms with Crippen LogP contribution in [-0.4, -0.2) is 25.7 Å². The standard InChI is InChI=1S/C19H26N2O4/c1-4-9-25-18-11-15(7-8-17(18)23-3)12-20-14(2)19(22)21-13-16-6-5-10-24-16/h5-8,10-11,14,20H,4,9,12-13H2,1-3H3,(H,21,22). The largest absolute Gasteiger partial charge is 0.493 e. The smallest absolute Gasteiger partial charge is 0.237 e. The molecular formula is C19H26N2O4. The fourth-order valence-corrected chi connectivity index (χ4v) is 2.26. The number of nitrogens with one attached hydrogen (secondary N) is 2. The third-order valence-electron chi connectivity index (χ3n) is 3.71. The summed E-state index contributed by atoms with van der Waals surface area (Å²) in [5, 5.41) is 6.05. The number of amides is 1. The highest BCUT2D eigenvalue weighted by Gasteiger charge is 2.13. The molecular weight excluding hydrogens is 320 g/mol. The van der Waals surface area contributed by atoms with E-state index >= 15 is 0 Å². The SMILES string of the molecule is CCCOc1cc(CNC(C)C(=O)NCc2ccco2)ccc1OC. The first kappa shape index (κ1) is 18.9. The third-order valence-corrected chi connectivity index (χ3v) is 3.71. The van der Waals surface area contributed by atoms with E-state index in [0.717, 1.165) is 23.5 Å². The van der Waals surface area contributed by atoms with Crippen LogP contribution < -0.4 is 20.1 Å². The van der Waals surface area contributed by atoms with Crippen LogP contribution in [0.1, 0.15) is 31.6 Å². The number of ether oxygens (including phenoxy) is 2. The molecule has 1 atom stereocenters.